The number of carbonyl (C=O) groups is 1. The number of anilines is 1. The van der Waals surface area contributed by atoms with Crippen molar-refractivity contribution in [3.8, 4) is 11.1 Å². The van der Waals surface area contributed by atoms with Crippen LogP contribution >= 0.6 is 23.7 Å². The highest BCUT2D eigenvalue weighted by Gasteiger charge is 2.25. The van der Waals surface area contributed by atoms with Gasteiger partial charge < -0.3 is 14.2 Å². The van der Waals surface area contributed by atoms with Gasteiger partial charge in [0.2, 0.25) is 0 Å². The van der Waals surface area contributed by atoms with E-state index in [1.54, 1.807) is 30.0 Å². The fourth-order valence-corrected chi connectivity index (χ4v) is 6.16. The van der Waals surface area contributed by atoms with Crippen molar-refractivity contribution in [2.75, 3.05) is 37.3 Å². The van der Waals surface area contributed by atoms with E-state index in [0.29, 0.717) is 13.1 Å². The Morgan fingerprint density at radius 2 is 1.70 bits per heavy atom. The number of benzene rings is 3. The Morgan fingerprint density at radius 3 is 2.46 bits per heavy atom. The maximum absolute atomic E-state index is 13.8. The Hall–Kier alpha value is -3.55. The number of fused-ring (bicyclic) bond motifs is 1. The zero-order valence-electron chi connectivity index (χ0n) is 20.5. The van der Waals surface area contributed by atoms with Crippen molar-refractivity contribution in [2.24, 2.45) is 0 Å². The molecule has 2 aromatic heterocycles. The first-order valence-electron chi connectivity index (χ1n) is 12.3. The number of hydrogen-bond donors (Lipinski definition) is 0. The lowest BCUT2D eigenvalue weighted by atomic mass is 9.98. The number of hydrogen-bond acceptors (Lipinski definition) is 5. The summed E-state index contributed by atoms with van der Waals surface area (Å²) in [7, 11) is 0. The molecule has 0 bridgehead atoms. The van der Waals surface area contributed by atoms with Crippen molar-refractivity contribution in [3.63, 3.8) is 0 Å². The van der Waals surface area contributed by atoms with Gasteiger partial charge in [-0.25, -0.2) is 0 Å². The van der Waals surface area contributed by atoms with E-state index >= 15 is 0 Å². The third-order valence-corrected chi connectivity index (χ3v) is 8.46. The smallest absolute Gasteiger partial charge is 0.254 e. The van der Waals surface area contributed by atoms with Crippen LogP contribution in [0.2, 0.25) is 0 Å². The molecular weight excluding hydrogens is 498 g/mol. The van der Waals surface area contributed by atoms with Crippen LogP contribution in [-0.4, -0.2) is 47.2 Å². The minimum Gasteiger partial charge on any atom is -0.456 e. The molecule has 1 saturated heterocycles. The second-order valence-electron chi connectivity index (χ2n) is 8.93. The fraction of sp³-hybridized carbons (Fsp3) is 0.167. The summed E-state index contributed by atoms with van der Waals surface area (Å²) < 4.78 is 7.66. The number of rotatable bonds is 6. The minimum absolute atomic E-state index is 0.105. The van der Waals surface area contributed by atoms with E-state index < -0.39 is 0 Å². The largest absolute Gasteiger partial charge is 0.456 e. The third kappa shape index (κ3) is 4.77. The molecule has 0 atom stereocenters. The van der Waals surface area contributed by atoms with E-state index in [4.69, 9.17) is 4.42 Å². The average Bonchev–Trinajstić information content (AvgIpc) is 3.63. The monoisotopic (exact) mass is 525 g/mol. The van der Waals surface area contributed by atoms with Gasteiger partial charge in [0.15, 0.2) is 5.09 Å². The zero-order valence-corrected chi connectivity index (χ0v) is 22.2. The first kappa shape index (κ1) is 23.8. The lowest BCUT2D eigenvalue weighted by Crippen LogP contribution is -2.49. The van der Waals surface area contributed by atoms with E-state index in [1.807, 2.05) is 47.6 Å². The normalized spacial score (nSPS) is 13.9. The molecule has 0 unspecified atom stereocenters. The van der Waals surface area contributed by atoms with Gasteiger partial charge in [-0.05, 0) is 59.8 Å². The molecule has 3 aromatic carbocycles. The van der Waals surface area contributed by atoms with Crippen molar-refractivity contribution in [3.05, 3.63) is 103 Å². The van der Waals surface area contributed by atoms with Gasteiger partial charge in [0, 0.05) is 65.9 Å². The van der Waals surface area contributed by atoms with Crippen LogP contribution in [0.15, 0.2) is 112 Å². The van der Waals surface area contributed by atoms with Gasteiger partial charge in [-0.15, -0.1) is 11.8 Å². The van der Waals surface area contributed by atoms with Crippen molar-refractivity contribution in [2.45, 2.75) is 9.99 Å². The average molecular weight is 526 g/mol. The number of amides is 1. The number of nitrogens with zero attached hydrogens (tertiary/aromatic N) is 3. The predicted octanol–water partition coefficient (Wildman–Crippen LogP) is 7.14. The number of piperazine rings is 1. The molecule has 1 aliphatic rings. The van der Waals surface area contributed by atoms with Gasteiger partial charge in [0.05, 0.1) is 11.8 Å². The lowest BCUT2D eigenvalue weighted by Gasteiger charge is -2.36. The van der Waals surface area contributed by atoms with Crippen molar-refractivity contribution >= 4 is 46.2 Å². The SMILES string of the molecule is CSc1ccc(-c2ccccc2)c(C(=O)N2CCN(c3cccc4c3ccn4Sc3ccco3)CC2)c1. The Bertz CT molecular complexity index is 1520. The number of thioether (sulfide) groups is 1. The molecular formula is C30H27N3O2S2. The summed E-state index contributed by atoms with van der Waals surface area (Å²) in [4.78, 5) is 19.3. The standard InChI is InChI=1S/C30H27N3O2S2/c1-36-23-12-13-24(22-7-3-2-4-8-22)26(21-23)30(34)32-18-16-31(17-19-32)27-9-5-10-28-25(27)14-15-33(28)37-29-11-6-20-35-29/h2-15,20-21H,16-19H2,1H3. The molecule has 3 heterocycles. The molecule has 1 aliphatic heterocycles. The van der Waals surface area contributed by atoms with Crippen molar-refractivity contribution in [1.29, 1.82) is 0 Å². The zero-order chi connectivity index (χ0) is 25.2. The molecule has 6 rings (SSSR count). The summed E-state index contributed by atoms with van der Waals surface area (Å²) in [5, 5.41) is 2.07. The quantitative estimate of drug-likeness (QED) is 0.220. The van der Waals surface area contributed by atoms with Crippen LogP contribution < -0.4 is 4.90 Å². The lowest BCUT2D eigenvalue weighted by molar-refractivity contribution is 0.0747. The Morgan fingerprint density at radius 1 is 0.865 bits per heavy atom. The van der Waals surface area contributed by atoms with Gasteiger partial charge in [-0.2, -0.15) is 0 Å². The van der Waals surface area contributed by atoms with E-state index in [0.717, 1.165) is 45.3 Å². The van der Waals surface area contributed by atoms with Crippen LogP contribution in [-0.2, 0) is 0 Å². The van der Waals surface area contributed by atoms with Crippen molar-refractivity contribution in [1.82, 2.24) is 8.87 Å². The molecule has 0 aliphatic carbocycles. The highest BCUT2D eigenvalue weighted by Crippen LogP contribution is 2.34. The molecule has 1 amide bonds. The molecule has 0 saturated carbocycles. The maximum atomic E-state index is 13.8. The second-order valence-corrected chi connectivity index (χ2v) is 10.8. The van der Waals surface area contributed by atoms with E-state index in [2.05, 4.69) is 63.6 Å². The Balaban J connectivity index is 1.22. The summed E-state index contributed by atoms with van der Waals surface area (Å²) in [6.45, 7) is 2.97. The summed E-state index contributed by atoms with van der Waals surface area (Å²) in [5.74, 6) is 0.105. The van der Waals surface area contributed by atoms with E-state index in [1.165, 1.54) is 11.1 Å². The van der Waals surface area contributed by atoms with Gasteiger partial charge in [-0.3, -0.25) is 8.77 Å². The summed E-state index contributed by atoms with van der Waals surface area (Å²) in [6.07, 6.45) is 5.83. The van der Waals surface area contributed by atoms with Crippen LogP contribution in [0.1, 0.15) is 10.4 Å². The molecule has 5 nitrogen and oxygen atoms in total. The van der Waals surface area contributed by atoms with Crippen LogP contribution in [0.25, 0.3) is 22.0 Å². The maximum Gasteiger partial charge on any atom is 0.254 e. The molecule has 7 heteroatoms. The van der Waals surface area contributed by atoms with Crippen LogP contribution in [0.5, 0.6) is 0 Å². The Labute approximate surface area is 225 Å². The highest BCUT2D eigenvalue weighted by atomic mass is 32.2. The van der Waals surface area contributed by atoms with E-state index in [9.17, 15) is 4.79 Å². The number of furan rings is 1. The van der Waals surface area contributed by atoms with E-state index in [-0.39, 0.29) is 5.91 Å². The summed E-state index contributed by atoms with van der Waals surface area (Å²) >= 11 is 3.23. The Kier molecular flexibility index (Phi) is 6.72. The third-order valence-electron chi connectivity index (χ3n) is 6.81. The molecule has 37 heavy (non-hydrogen) atoms. The molecule has 0 spiro atoms. The van der Waals surface area contributed by atoms with Crippen LogP contribution in [0, 0.1) is 0 Å². The highest BCUT2D eigenvalue weighted by molar-refractivity contribution is 7.98. The van der Waals surface area contributed by atoms with Crippen LogP contribution in [0.3, 0.4) is 0 Å². The first-order valence-corrected chi connectivity index (χ1v) is 14.3. The van der Waals surface area contributed by atoms with Gasteiger partial charge in [-0.1, -0.05) is 42.5 Å². The summed E-state index contributed by atoms with van der Waals surface area (Å²) in [6, 6.07) is 28.9. The number of carbonyl (C=O) groups excluding carboxylic acids is 1. The molecule has 5 aromatic rings. The predicted molar refractivity (Wildman–Crippen MR) is 154 cm³/mol. The van der Waals surface area contributed by atoms with Gasteiger partial charge in [0.25, 0.3) is 5.91 Å². The fourth-order valence-electron chi connectivity index (χ4n) is 4.91. The van der Waals surface area contributed by atoms with Gasteiger partial charge >= 0.3 is 0 Å². The molecule has 186 valence electrons. The molecule has 1 fully saturated rings. The molecule has 0 radical (unpaired) electrons. The summed E-state index contributed by atoms with van der Waals surface area (Å²) in [5.41, 5.74) is 5.20. The second kappa shape index (κ2) is 10.4. The number of aromatic nitrogens is 1. The molecule has 0 N–H and O–H groups in total. The first-order chi connectivity index (χ1) is 18.2. The minimum atomic E-state index is 0.105. The van der Waals surface area contributed by atoms with Crippen molar-refractivity contribution < 1.29 is 9.21 Å². The topological polar surface area (TPSA) is 41.6 Å². The van der Waals surface area contributed by atoms with Gasteiger partial charge in [0.1, 0.15) is 0 Å². The van der Waals surface area contributed by atoms with Crippen LogP contribution in [0.4, 0.5) is 5.69 Å².